The molecular weight excluding hydrogens is 373 g/mol. The van der Waals surface area contributed by atoms with Crippen LogP contribution in [0.1, 0.15) is 36.2 Å². The molecule has 0 saturated heterocycles. The van der Waals surface area contributed by atoms with Crippen LogP contribution in [-0.4, -0.2) is 46.0 Å². The molecule has 154 valence electrons. The highest BCUT2D eigenvalue weighted by atomic mass is 16.7. The van der Waals surface area contributed by atoms with Gasteiger partial charge in [0.05, 0.1) is 11.5 Å². The quantitative estimate of drug-likeness (QED) is 0.346. The number of nitrogens with one attached hydrogen (secondary N) is 2. The summed E-state index contributed by atoms with van der Waals surface area (Å²) in [5, 5.41) is 21.6. The first-order chi connectivity index (χ1) is 13.9. The van der Waals surface area contributed by atoms with Gasteiger partial charge in [0.1, 0.15) is 6.04 Å². The third-order valence-electron chi connectivity index (χ3n) is 4.19. The summed E-state index contributed by atoms with van der Waals surface area (Å²) in [6.45, 7) is 3.82. The summed E-state index contributed by atoms with van der Waals surface area (Å²) in [6.07, 6.45) is 3.55. The van der Waals surface area contributed by atoms with Crippen molar-refractivity contribution in [2.75, 3.05) is 0 Å². The fourth-order valence-corrected chi connectivity index (χ4v) is 2.73. The lowest BCUT2D eigenvalue weighted by molar-refractivity contribution is -0.154. The highest BCUT2D eigenvalue weighted by molar-refractivity contribution is 6.43. The van der Waals surface area contributed by atoms with Gasteiger partial charge < -0.3 is 20.2 Å². The molecule has 2 rings (SSSR count). The van der Waals surface area contributed by atoms with Gasteiger partial charge in [-0.25, -0.2) is 4.79 Å². The Labute approximate surface area is 170 Å². The van der Waals surface area contributed by atoms with Gasteiger partial charge in [-0.1, -0.05) is 44.2 Å². The summed E-state index contributed by atoms with van der Waals surface area (Å²) in [4.78, 5) is 34.1. The predicted molar refractivity (Wildman–Crippen MR) is 108 cm³/mol. The fraction of sp³-hybridized carbons (Fsp3) is 0.350. The Morgan fingerprint density at radius 2 is 1.86 bits per heavy atom. The molecule has 0 radical (unpaired) electrons. The second kappa shape index (κ2) is 11.3. The average Bonchev–Trinajstić information content (AvgIpc) is 2.71. The average molecular weight is 399 g/mol. The fourth-order valence-electron chi connectivity index (χ4n) is 2.73. The van der Waals surface area contributed by atoms with Gasteiger partial charge >= 0.3 is 13.1 Å². The Balaban J connectivity index is 2.08. The lowest BCUT2D eigenvalue weighted by Crippen LogP contribution is -2.49. The smallest absolute Gasteiger partial charge is 0.426 e. The molecule has 1 heterocycles. The van der Waals surface area contributed by atoms with Gasteiger partial charge in [0, 0.05) is 18.8 Å². The van der Waals surface area contributed by atoms with Crippen molar-refractivity contribution in [2.24, 2.45) is 5.92 Å². The van der Waals surface area contributed by atoms with E-state index in [4.69, 9.17) is 4.84 Å². The van der Waals surface area contributed by atoms with Crippen molar-refractivity contribution < 1.29 is 24.5 Å². The molecule has 0 aliphatic heterocycles. The Bertz CT molecular complexity index is 774. The van der Waals surface area contributed by atoms with Gasteiger partial charge in [-0.2, -0.15) is 5.48 Å². The third-order valence-corrected chi connectivity index (χ3v) is 4.19. The molecule has 0 unspecified atom stereocenters. The van der Waals surface area contributed by atoms with Crippen LogP contribution in [0.15, 0.2) is 54.9 Å². The second-order valence-electron chi connectivity index (χ2n) is 7.15. The summed E-state index contributed by atoms with van der Waals surface area (Å²) < 4.78 is 0. The van der Waals surface area contributed by atoms with E-state index in [9.17, 15) is 19.6 Å². The molecule has 1 aromatic heterocycles. The van der Waals surface area contributed by atoms with E-state index >= 15 is 0 Å². The van der Waals surface area contributed by atoms with Crippen LogP contribution in [-0.2, 0) is 16.1 Å². The van der Waals surface area contributed by atoms with Crippen LogP contribution < -0.4 is 10.8 Å². The van der Waals surface area contributed by atoms with E-state index < -0.39 is 31.0 Å². The molecule has 2 aromatic rings. The van der Waals surface area contributed by atoms with Crippen LogP contribution in [0.3, 0.4) is 0 Å². The molecule has 29 heavy (non-hydrogen) atoms. The van der Waals surface area contributed by atoms with Crippen molar-refractivity contribution in [1.82, 2.24) is 15.8 Å². The van der Waals surface area contributed by atoms with Crippen LogP contribution in [0.2, 0.25) is 0 Å². The number of carbonyl (C=O) groups is 2. The van der Waals surface area contributed by atoms with Crippen molar-refractivity contribution in [2.45, 2.75) is 38.7 Å². The van der Waals surface area contributed by atoms with Crippen molar-refractivity contribution in [3.8, 4) is 0 Å². The van der Waals surface area contributed by atoms with Gasteiger partial charge in [-0.05, 0) is 30.0 Å². The summed E-state index contributed by atoms with van der Waals surface area (Å²) in [7, 11) is -1.69. The Hall–Kier alpha value is -2.75. The van der Waals surface area contributed by atoms with E-state index in [1.165, 1.54) is 6.20 Å². The van der Waals surface area contributed by atoms with Crippen LogP contribution >= 0.6 is 0 Å². The Kier molecular flexibility index (Phi) is 8.79. The number of amides is 1. The van der Waals surface area contributed by atoms with E-state index in [1.54, 1.807) is 18.3 Å². The van der Waals surface area contributed by atoms with Gasteiger partial charge in [0.25, 0.3) is 5.91 Å². The minimum Gasteiger partial charge on any atom is -0.426 e. The molecule has 0 saturated carbocycles. The number of hydroxylamine groups is 1. The molecular formula is C20H26BN3O5. The largest absolute Gasteiger partial charge is 0.473 e. The zero-order valence-corrected chi connectivity index (χ0v) is 16.5. The SMILES string of the molecule is CC(C)C[C@H](NOC(=O)[C@H](Cc1ccccc1)NC(=O)c1cccnc1)B(O)O. The van der Waals surface area contributed by atoms with Crippen LogP contribution in [0, 0.1) is 5.92 Å². The molecule has 1 aromatic carbocycles. The lowest BCUT2D eigenvalue weighted by Gasteiger charge is -2.22. The maximum absolute atomic E-state index is 12.6. The number of hydrogen-bond acceptors (Lipinski definition) is 7. The van der Waals surface area contributed by atoms with Gasteiger partial charge in [-0.3, -0.25) is 9.78 Å². The highest BCUT2D eigenvalue weighted by Gasteiger charge is 2.29. The van der Waals surface area contributed by atoms with E-state index in [0.717, 1.165) is 5.56 Å². The van der Waals surface area contributed by atoms with Gasteiger partial charge in [0.2, 0.25) is 0 Å². The number of nitrogens with zero attached hydrogens (tertiary/aromatic N) is 1. The van der Waals surface area contributed by atoms with E-state index in [2.05, 4.69) is 15.8 Å². The molecule has 4 N–H and O–H groups in total. The van der Waals surface area contributed by atoms with E-state index in [-0.39, 0.29) is 12.3 Å². The van der Waals surface area contributed by atoms with Crippen molar-refractivity contribution in [1.29, 1.82) is 0 Å². The van der Waals surface area contributed by atoms with Gasteiger partial charge in [0.15, 0.2) is 0 Å². The molecule has 0 fully saturated rings. The maximum atomic E-state index is 12.6. The number of aromatic nitrogens is 1. The summed E-state index contributed by atoms with van der Waals surface area (Å²) in [5.74, 6) is -1.89. The zero-order chi connectivity index (χ0) is 21.2. The summed E-state index contributed by atoms with van der Waals surface area (Å²) in [6, 6.07) is 11.4. The molecule has 8 nitrogen and oxygen atoms in total. The van der Waals surface area contributed by atoms with Crippen LogP contribution in [0.4, 0.5) is 0 Å². The number of carbonyl (C=O) groups excluding carboxylic acids is 2. The number of benzene rings is 1. The molecule has 9 heteroatoms. The topological polar surface area (TPSA) is 121 Å². The normalized spacial score (nSPS) is 12.9. The minimum atomic E-state index is -1.69. The van der Waals surface area contributed by atoms with E-state index in [1.807, 2.05) is 44.2 Å². The first-order valence-corrected chi connectivity index (χ1v) is 9.44. The number of hydrogen-bond donors (Lipinski definition) is 4. The van der Waals surface area contributed by atoms with Crippen molar-refractivity contribution in [3.05, 3.63) is 66.0 Å². The molecule has 0 aliphatic carbocycles. The van der Waals surface area contributed by atoms with Crippen molar-refractivity contribution >= 4 is 19.0 Å². The van der Waals surface area contributed by atoms with Gasteiger partial charge in [-0.15, -0.1) is 0 Å². The Morgan fingerprint density at radius 3 is 2.45 bits per heavy atom. The minimum absolute atomic E-state index is 0.151. The second-order valence-corrected chi connectivity index (χ2v) is 7.15. The zero-order valence-electron chi connectivity index (χ0n) is 16.5. The van der Waals surface area contributed by atoms with Crippen LogP contribution in [0.5, 0.6) is 0 Å². The maximum Gasteiger partial charge on any atom is 0.473 e. The lowest BCUT2D eigenvalue weighted by atomic mass is 9.76. The van der Waals surface area contributed by atoms with Crippen molar-refractivity contribution in [3.63, 3.8) is 0 Å². The molecule has 0 spiro atoms. The standard InChI is InChI=1S/C20H26BN3O5/c1-14(2)11-18(21(27)28)24-29-20(26)17(12-15-7-4-3-5-8-15)23-19(25)16-9-6-10-22-13-16/h3-10,13-14,17-18,24,27-28H,11-12H2,1-2H3,(H,23,25)/t17-,18-/m0/s1. The summed E-state index contributed by atoms with van der Waals surface area (Å²) >= 11 is 0. The molecule has 0 aliphatic rings. The third kappa shape index (κ3) is 7.65. The number of rotatable bonds is 10. The molecule has 2 atom stereocenters. The first kappa shape index (κ1) is 22.5. The molecule has 1 amide bonds. The molecule has 0 bridgehead atoms. The summed E-state index contributed by atoms with van der Waals surface area (Å²) in [5.41, 5.74) is 3.57. The highest BCUT2D eigenvalue weighted by Crippen LogP contribution is 2.08. The first-order valence-electron chi connectivity index (χ1n) is 9.44. The number of pyridine rings is 1. The Morgan fingerprint density at radius 1 is 1.14 bits per heavy atom. The predicted octanol–water partition coefficient (Wildman–Crippen LogP) is 0.897. The van der Waals surface area contributed by atoms with E-state index in [0.29, 0.717) is 12.0 Å². The monoisotopic (exact) mass is 399 g/mol. The van der Waals surface area contributed by atoms with Crippen LogP contribution in [0.25, 0.3) is 0 Å².